The van der Waals surface area contributed by atoms with Crippen molar-refractivity contribution in [2.45, 2.75) is 47.5 Å². The molecule has 0 aliphatic heterocycles. The number of aromatic nitrogens is 4. The highest BCUT2D eigenvalue weighted by molar-refractivity contribution is 5.81. The maximum atomic E-state index is 5.42. The monoisotopic (exact) mass is 879 g/mol. The van der Waals surface area contributed by atoms with Gasteiger partial charge >= 0.3 is 0 Å². The highest BCUT2D eigenvalue weighted by Crippen LogP contribution is 2.43. The second kappa shape index (κ2) is 18.9. The summed E-state index contributed by atoms with van der Waals surface area (Å²) in [6, 6.07) is 72.3. The standard InChI is InChI=1S/C63H53N5/c1-41-35-43(3)59(44(4)36-41)61(60-45(5)37-42(2)38-46(60)6)51-31-33-54(34-32-51)68(57-39-55(49-21-13-8-14-22-49)64-62(66-57)52-23-15-9-16-24-52)58-40-56(65-63(67-58)53-25-17-10-18-26-53)50-29-27-48(28-30-50)47-19-11-7-12-20-47/h7-40,61H,1-6H3. The molecular formula is C63H53N5. The van der Waals surface area contributed by atoms with Crippen molar-refractivity contribution in [2.24, 2.45) is 0 Å². The van der Waals surface area contributed by atoms with E-state index in [1.165, 1.54) is 50.1 Å². The molecule has 0 radical (unpaired) electrons. The Kier molecular flexibility index (Phi) is 12.1. The molecule has 8 aromatic carbocycles. The Labute approximate surface area is 400 Å². The number of benzene rings is 8. The van der Waals surface area contributed by atoms with E-state index in [9.17, 15) is 0 Å². The smallest absolute Gasteiger partial charge is 0.162 e. The van der Waals surface area contributed by atoms with Crippen molar-refractivity contribution in [1.29, 1.82) is 0 Å². The SMILES string of the molecule is Cc1cc(C)c(C(c2ccc(N(c3cc(-c4ccccc4)nc(-c4ccccc4)n3)c3cc(-c4ccc(-c5ccccc5)cc4)nc(-c4ccccc4)n3)cc2)c2c(C)cc(C)cc2C)c(C)c1. The Hall–Kier alpha value is -8.28. The van der Waals surface area contributed by atoms with Crippen molar-refractivity contribution in [3.05, 3.63) is 256 Å². The molecule has 10 rings (SSSR count). The predicted molar refractivity (Wildman–Crippen MR) is 282 cm³/mol. The van der Waals surface area contributed by atoms with E-state index in [2.05, 4.69) is 192 Å². The minimum atomic E-state index is 0.0151. The highest BCUT2D eigenvalue weighted by Gasteiger charge is 2.27. The van der Waals surface area contributed by atoms with Crippen molar-refractivity contribution in [3.8, 4) is 56.4 Å². The minimum Gasteiger partial charge on any atom is -0.279 e. The van der Waals surface area contributed by atoms with Crippen molar-refractivity contribution < 1.29 is 0 Å². The summed E-state index contributed by atoms with van der Waals surface area (Å²) in [4.78, 5) is 23.4. The van der Waals surface area contributed by atoms with Crippen molar-refractivity contribution in [1.82, 2.24) is 19.9 Å². The van der Waals surface area contributed by atoms with E-state index in [4.69, 9.17) is 19.9 Å². The van der Waals surface area contributed by atoms with Crippen molar-refractivity contribution in [3.63, 3.8) is 0 Å². The zero-order valence-corrected chi connectivity index (χ0v) is 39.4. The van der Waals surface area contributed by atoms with Crippen LogP contribution in [0.25, 0.3) is 56.4 Å². The number of anilines is 3. The molecule has 2 heterocycles. The van der Waals surface area contributed by atoms with Gasteiger partial charge in [0.1, 0.15) is 11.6 Å². The van der Waals surface area contributed by atoms with Crippen LogP contribution in [-0.4, -0.2) is 19.9 Å². The van der Waals surface area contributed by atoms with Crippen LogP contribution in [0.5, 0.6) is 0 Å². The first-order valence-corrected chi connectivity index (χ1v) is 23.3. The molecule has 5 heteroatoms. The van der Waals surface area contributed by atoms with Crippen molar-refractivity contribution >= 4 is 17.3 Å². The second-order valence-corrected chi connectivity index (χ2v) is 17.9. The quantitative estimate of drug-likeness (QED) is 0.121. The van der Waals surface area contributed by atoms with Gasteiger partial charge in [-0.2, -0.15) is 0 Å². The molecule has 0 amide bonds. The molecule has 0 bridgehead atoms. The van der Waals surface area contributed by atoms with E-state index < -0.39 is 0 Å². The summed E-state index contributed by atoms with van der Waals surface area (Å²) >= 11 is 0. The minimum absolute atomic E-state index is 0.0151. The van der Waals surface area contributed by atoms with E-state index in [0.29, 0.717) is 23.3 Å². The van der Waals surface area contributed by atoms with Crippen LogP contribution in [0.15, 0.2) is 206 Å². The normalized spacial score (nSPS) is 11.2. The van der Waals surface area contributed by atoms with Gasteiger partial charge in [0.2, 0.25) is 0 Å². The number of nitrogens with zero attached hydrogens (tertiary/aromatic N) is 5. The van der Waals surface area contributed by atoms with Crippen LogP contribution in [0.1, 0.15) is 56.0 Å². The lowest BCUT2D eigenvalue weighted by Crippen LogP contribution is -2.16. The molecule has 10 aromatic rings. The van der Waals surface area contributed by atoms with Crippen LogP contribution in [0.4, 0.5) is 17.3 Å². The van der Waals surface area contributed by atoms with Crippen molar-refractivity contribution in [2.75, 3.05) is 4.90 Å². The summed E-state index contributed by atoms with van der Waals surface area (Å²) in [7, 11) is 0. The Morgan fingerprint density at radius 2 is 0.662 bits per heavy atom. The van der Waals surface area contributed by atoms with Crippen LogP contribution in [0, 0.1) is 41.5 Å². The lowest BCUT2D eigenvalue weighted by molar-refractivity contribution is 0.919. The first kappa shape index (κ1) is 43.6. The van der Waals surface area contributed by atoms with Crippen LogP contribution < -0.4 is 4.90 Å². The molecule has 5 nitrogen and oxygen atoms in total. The van der Waals surface area contributed by atoms with Gasteiger partial charge in [-0.15, -0.1) is 0 Å². The molecule has 0 fully saturated rings. The Morgan fingerprint density at radius 3 is 1.07 bits per heavy atom. The first-order chi connectivity index (χ1) is 33.2. The molecule has 0 spiro atoms. The third-order valence-corrected chi connectivity index (χ3v) is 12.8. The first-order valence-electron chi connectivity index (χ1n) is 23.3. The van der Waals surface area contributed by atoms with E-state index >= 15 is 0 Å². The third-order valence-electron chi connectivity index (χ3n) is 12.8. The van der Waals surface area contributed by atoms with Gasteiger partial charge in [0.05, 0.1) is 11.4 Å². The Balaban J connectivity index is 1.20. The average molecular weight is 880 g/mol. The van der Waals surface area contributed by atoms with E-state index in [1.807, 2.05) is 60.7 Å². The molecule has 0 saturated carbocycles. The van der Waals surface area contributed by atoms with E-state index in [-0.39, 0.29) is 5.92 Å². The average Bonchev–Trinajstić information content (AvgIpc) is 3.36. The molecule has 0 aliphatic carbocycles. The van der Waals surface area contributed by atoms with Gasteiger partial charge in [-0.1, -0.05) is 193 Å². The summed E-state index contributed by atoms with van der Waals surface area (Å²) in [5, 5.41) is 0. The van der Waals surface area contributed by atoms with Crippen LogP contribution in [0.2, 0.25) is 0 Å². The van der Waals surface area contributed by atoms with Gasteiger partial charge in [0.25, 0.3) is 0 Å². The highest BCUT2D eigenvalue weighted by atomic mass is 15.3. The van der Waals surface area contributed by atoms with Crippen LogP contribution in [0.3, 0.4) is 0 Å². The summed E-state index contributed by atoms with van der Waals surface area (Å²) in [5.41, 5.74) is 20.2. The van der Waals surface area contributed by atoms with Gasteiger partial charge in [0, 0.05) is 46.0 Å². The molecule has 0 N–H and O–H groups in total. The van der Waals surface area contributed by atoms with E-state index in [1.54, 1.807) is 0 Å². The molecule has 2 aromatic heterocycles. The van der Waals surface area contributed by atoms with Crippen LogP contribution >= 0.6 is 0 Å². The third kappa shape index (κ3) is 8.99. The Bertz CT molecular complexity index is 3210. The zero-order valence-electron chi connectivity index (χ0n) is 39.4. The van der Waals surface area contributed by atoms with Crippen LogP contribution in [-0.2, 0) is 0 Å². The fraction of sp³-hybridized carbons (Fsp3) is 0.111. The maximum absolute atomic E-state index is 5.42. The topological polar surface area (TPSA) is 54.8 Å². The zero-order chi connectivity index (χ0) is 46.7. The Morgan fingerprint density at radius 1 is 0.324 bits per heavy atom. The number of hydrogen-bond donors (Lipinski definition) is 0. The fourth-order valence-electron chi connectivity index (χ4n) is 9.87. The number of aryl methyl sites for hydroxylation is 6. The number of hydrogen-bond acceptors (Lipinski definition) is 5. The lowest BCUT2D eigenvalue weighted by atomic mass is 9.77. The molecule has 68 heavy (non-hydrogen) atoms. The summed E-state index contributed by atoms with van der Waals surface area (Å²) in [6.07, 6.45) is 0. The molecule has 330 valence electrons. The maximum Gasteiger partial charge on any atom is 0.162 e. The molecule has 0 unspecified atom stereocenters. The van der Waals surface area contributed by atoms with Gasteiger partial charge < -0.3 is 0 Å². The van der Waals surface area contributed by atoms with E-state index in [0.717, 1.165) is 50.5 Å². The molecule has 0 atom stereocenters. The fourth-order valence-corrected chi connectivity index (χ4v) is 9.87. The second-order valence-electron chi connectivity index (χ2n) is 17.9. The molecule has 0 saturated heterocycles. The van der Waals surface area contributed by atoms with Gasteiger partial charge in [-0.25, -0.2) is 19.9 Å². The van der Waals surface area contributed by atoms with Gasteiger partial charge in [-0.3, -0.25) is 4.90 Å². The lowest BCUT2D eigenvalue weighted by Gasteiger charge is -2.28. The molecular weight excluding hydrogens is 827 g/mol. The summed E-state index contributed by atoms with van der Waals surface area (Å²) in [5.74, 6) is 2.61. The summed E-state index contributed by atoms with van der Waals surface area (Å²) in [6.45, 7) is 13.4. The molecule has 0 aliphatic rings. The van der Waals surface area contributed by atoms with Gasteiger partial charge in [-0.05, 0) is 104 Å². The summed E-state index contributed by atoms with van der Waals surface area (Å²) < 4.78 is 0. The number of rotatable bonds is 11. The van der Waals surface area contributed by atoms with Gasteiger partial charge in [0.15, 0.2) is 11.6 Å². The largest absolute Gasteiger partial charge is 0.279 e. The predicted octanol–water partition coefficient (Wildman–Crippen LogP) is 16.1.